The van der Waals surface area contributed by atoms with Crippen molar-refractivity contribution >= 4 is 28.9 Å². The number of aromatic nitrogens is 2. The summed E-state index contributed by atoms with van der Waals surface area (Å²) >= 11 is 11.9. The van der Waals surface area contributed by atoms with E-state index >= 15 is 0 Å². The molecule has 1 atom stereocenters. The fourth-order valence-corrected chi connectivity index (χ4v) is 2.62. The number of aryl methyl sites for hydroxylation is 1. The third kappa shape index (κ3) is 1.92. The van der Waals surface area contributed by atoms with Gasteiger partial charge in [0, 0.05) is 25.5 Å². The number of hydrogen-bond acceptors (Lipinski definition) is 3. The molecule has 0 aliphatic carbocycles. The van der Waals surface area contributed by atoms with E-state index in [2.05, 4.69) is 10.00 Å². The summed E-state index contributed by atoms with van der Waals surface area (Å²) in [7, 11) is 1.58. The van der Waals surface area contributed by atoms with Crippen LogP contribution in [0.2, 0.25) is 5.02 Å². The summed E-state index contributed by atoms with van der Waals surface area (Å²) in [5.41, 5.74) is 0.437. The van der Waals surface area contributed by atoms with Crippen LogP contribution >= 0.6 is 23.2 Å². The van der Waals surface area contributed by atoms with Gasteiger partial charge >= 0.3 is 0 Å². The second-order valence-electron chi connectivity index (χ2n) is 3.92. The molecule has 2 heterocycles. The molecule has 0 bridgehead atoms. The van der Waals surface area contributed by atoms with Crippen molar-refractivity contribution in [1.82, 2.24) is 9.78 Å². The molecule has 0 unspecified atom stereocenters. The predicted octanol–water partition coefficient (Wildman–Crippen LogP) is 1.64. The lowest BCUT2D eigenvalue weighted by Gasteiger charge is -2.25. The van der Waals surface area contributed by atoms with Crippen molar-refractivity contribution in [3.05, 3.63) is 21.6 Å². The van der Waals surface area contributed by atoms with Crippen LogP contribution in [0.25, 0.3) is 0 Å². The standard InChI is InChI=1S/C10H13Cl2N3O/c1-14-10(16)9(12)8(6-13-14)15-4-2-3-7(15)5-11/h6-7H,2-5H2,1H3/t7-/m0/s1. The third-order valence-corrected chi connectivity index (χ3v) is 3.64. The smallest absolute Gasteiger partial charge is 0.287 e. The van der Waals surface area contributed by atoms with Gasteiger partial charge in [-0.15, -0.1) is 11.6 Å². The Morgan fingerprint density at radius 1 is 1.62 bits per heavy atom. The van der Waals surface area contributed by atoms with Gasteiger partial charge in [0.05, 0.1) is 11.9 Å². The molecule has 1 aliphatic rings. The molecule has 0 saturated carbocycles. The van der Waals surface area contributed by atoms with Crippen molar-refractivity contribution in [1.29, 1.82) is 0 Å². The van der Waals surface area contributed by atoms with Gasteiger partial charge in [0.1, 0.15) is 5.02 Å². The van der Waals surface area contributed by atoms with E-state index in [9.17, 15) is 4.79 Å². The van der Waals surface area contributed by atoms with Crippen LogP contribution in [-0.4, -0.2) is 28.2 Å². The van der Waals surface area contributed by atoms with Crippen molar-refractivity contribution in [2.24, 2.45) is 7.05 Å². The molecule has 0 aromatic carbocycles. The van der Waals surface area contributed by atoms with E-state index in [1.807, 2.05) is 0 Å². The van der Waals surface area contributed by atoms with Gasteiger partial charge in [-0.2, -0.15) is 5.10 Å². The first-order valence-corrected chi connectivity index (χ1v) is 6.11. The molecule has 6 heteroatoms. The maximum atomic E-state index is 11.6. The minimum atomic E-state index is -0.264. The number of halogens is 2. The Morgan fingerprint density at radius 2 is 2.38 bits per heavy atom. The molecule has 0 radical (unpaired) electrons. The van der Waals surface area contributed by atoms with Gasteiger partial charge in [0.15, 0.2) is 0 Å². The van der Waals surface area contributed by atoms with Crippen molar-refractivity contribution in [2.45, 2.75) is 18.9 Å². The first-order chi connectivity index (χ1) is 7.65. The van der Waals surface area contributed by atoms with Crippen LogP contribution in [-0.2, 0) is 7.05 Å². The topological polar surface area (TPSA) is 38.1 Å². The van der Waals surface area contributed by atoms with Crippen molar-refractivity contribution in [3.63, 3.8) is 0 Å². The maximum Gasteiger partial charge on any atom is 0.287 e. The minimum absolute atomic E-state index is 0.231. The van der Waals surface area contributed by atoms with Crippen LogP contribution in [0.1, 0.15) is 12.8 Å². The van der Waals surface area contributed by atoms with Gasteiger partial charge < -0.3 is 4.90 Å². The van der Waals surface area contributed by atoms with Crippen molar-refractivity contribution < 1.29 is 0 Å². The van der Waals surface area contributed by atoms with E-state index in [1.54, 1.807) is 13.2 Å². The Balaban J connectivity index is 2.41. The number of hydrogen-bond donors (Lipinski definition) is 0. The average Bonchev–Trinajstić information content (AvgIpc) is 2.74. The summed E-state index contributed by atoms with van der Waals surface area (Å²) in [5.74, 6) is 0.547. The lowest BCUT2D eigenvalue weighted by molar-refractivity contribution is 0.692. The van der Waals surface area contributed by atoms with Crippen LogP contribution in [0.15, 0.2) is 11.0 Å². The van der Waals surface area contributed by atoms with E-state index in [0.29, 0.717) is 11.6 Å². The highest BCUT2D eigenvalue weighted by molar-refractivity contribution is 6.33. The highest BCUT2D eigenvalue weighted by atomic mass is 35.5. The normalized spacial score (nSPS) is 20.4. The zero-order chi connectivity index (χ0) is 11.7. The van der Waals surface area contributed by atoms with E-state index in [4.69, 9.17) is 23.2 Å². The minimum Gasteiger partial charge on any atom is -0.365 e. The summed E-state index contributed by atoms with van der Waals surface area (Å²) in [6.45, 7) is 0.881. The lowest BCUT2D eigenvalue weighted by Crippen LogP contribution is -2.33. The Morgan fingerprint density at radius 3 is 3.06 bits per heavy atom. The predicted molar refractivity (Wildman–Crippen MR) is 65.6 cm³/mol. The quantitative estimate of drug-likeness (QED) is 0.760. The molecule has 0 N–H and O–H groups in total. The van der Waals surface area contributed by atoms with E-state index in [-0.39, 0.29) is 16.6 Å². The summed E-state index contributed by atoms with van der Waals surface area (Å²) in [6.07, 6.45) is 3.74. The van der Waals surface area contributed by atoms with Crippen LogP contribution in [0.3, 0.4) is 0 Å². The first kappa shape index (κ1) is 11.7. The number of alkyl halides is 1. The third-order valence-electron chi connectivity index (χ3n) is 2.92. The van der Waals surface area contributed by atoms with Gasteiger partial charge in [-0.3, -0.25) is 4.79 Å². The second kappa shape index (κ2) is 4.63. The van der Waals surface area contributed by atoms with Gasteiger partial charge in [0.2, 0.25) is 0 Å². The number of rotatable bonds is 2. The van der Waals surface area contributed by atoms with E-state index in [0.717, 1.165) is 19.4 Å². The molecule has 1 saturated heterocycles. The number of nitrogens with zero attached hydrogens (tertiary/aromatic N) is 3. The summed E-state index contributed by atoms with van der Waals surface area (Å²) < 4.78 is 1.23. The Labute approximate surface area is 104 Å². The fourth-order valence-electron chi connectivity index (χ4n) is 2.02. The average molecular weight is 262 g/mol. The number of anilines is 1. The molecule has 4 nitrogen and oxygen atoms in total. The summed E-state index contributed by atoms with van der Waals surface area (Å²) in [6, 6.07) is 0.257. The molecular weight excluding hydrogens is 249 g/mol. The summed E-state index contributed by atoms with van der Waals surface area (Å²) in [5, 5.41) is 4.22. The monoisotopic (exact) mass is 261 g/mol. The highest BCUT2D eigenvalue weighted by Crippen LogP contribution is 2.29. The molecule has 1 fully saturated rings. The molecule has 0 spiro atoms. The SMILES string of the molecule is Cn1ncc(N2CCC[C@H]2CCl)c(Cl)c1=O. The molecule has 1 aromatic rings. The van der Waals surface area contributed by atoms with Crippen LogP contribution in [0.5, 0.6) is 0 Å². The van der Waals surface area contributed by atoms with Crippen LogP contribution in [0.4, 0.5) is 5.69 Å². The molecule has 88 valence electrons. The van der Waals surface area contributed by atoms with Gasteiger partial charge in [0.25, 0.3) is 5.56 Å². The van der Waals surface area contributed by atoms with Gasteiger partial charge in [-0.05, 0) is 12.8 Å². The molecule has 1 aromatic heterocycles. The summed E-state index contributed by atoms with van der Waals surface area (Å²) in [4.78, 5) is 13.7. The highest BCUT2D eigenvalue weighted by Gasteiger charge is 2.26. The first-order valence-electron chi connectivity index (χ1n) is 5.19. The zero-order valence-corrected chi connectivity index (χ0v) is 10.5. The molecule has 0 amide bonds. The lowest BCUT2D eigenvalue weighted by atomic mass is 10.2. The van der Waals surface area contributed by atoms with Crippen molar-refractivity contribution in [2.75, 3.05) is 17.3 Å². The molecular formula is C10H13Cl2N3O. The van der Waals surface area contributed by atoms with E-state index < -0.39 is 0 Å². The molecule has 2 rings (SSSR count). The Kier molecular flexibility index (Phi) is 3.40. The maximum absolute atomic E-state index is 11.6. The van der Waals surface area contributed by atoms with Crippen LogP contribution in [0, 0.1) is 0 Å². The molecule has 1 aliphatic heterocycles. The Bertz CT molecular complexity index is 446. The fraction of sp³-hybridized carbons (Fsp3) is 0.600. The largest absolute Gasteiger partial charge is 0.365 e. The van der Waals surface area contributed by atoms with E-state index in [1.165, 1.54) is 4.68 Å². The van der Waals surface area contributed by atoms with Gasteiger partial charge in [-0.25, -0.2) is 4.68 Å². The zero-order valence-electron chi connectivity index (χ0n) is 8.99. The van der Waals surface area contributed by atoms with Gasteiger partial charge in [-0.1, -0.05) is 11.6 Å². The molecule has 16 heavy (non-hydrogen) atoms. The van der Waals surface area contributed by atoms with Crippen LogP contribution < -0.4 is 10.5 Å². The second-order valence-corrected chi connectivity index (χ2v) is 4.60. The van der Waals surface area contributed by atoms with Crippen molar-refractivity contribution in [3.8, 4) is 0 Å². The Hall–Kier alpha value is -0.740.